The van der Waals surface area contributed by atoms with Crippen LogP contribution in [-0.4, -0.2) is 0 Å². The van der Waals surface area contributed by atoms with Gasteiger partial charge in [0.25, 0.3) is 0 Å². The van der Waals surface area contributed by atoms with Crippen molar-refractivity contribution < 1.29 is 0 Å². The molecule has 0 radical (unpaired) electrons. The molecule has 2 aromatic carbocycles. The van der Waals surface area contributed by atoms with Gasteiger partial charge in [-0.25, -0.2) is 4.40 Å². The fourth-order valence-corrected chi connectivity index (χ4v) is 3.85. The summed E-state index contributed by atoms with van der Waals surface area (Å²) in [5.41, 5.74) is 6.73. The first-order valence-electron chi connectivity index (χ1n) is 5.33. The number of hydrogen-bond acceptors (Lipinski definition) is 6. The Labute approximate surface area is 116 Å². The molecule has 0 aromatic heterocycles. The van der Waals surface area contributed by atoms with Crippen molar-refractivity contribution in [1.82, 2.24) is 0 Å². The third-order valence-electron chi connectivity index (χ3n) is 2.88. The lowest BCUT2D eigenvalue weighted by molar-refractivity contribution is 1.34. The summed E-state index contributed by atoms with van der Waals surface area (Å²) in [6.07, 6.45) is 0. The van der Waals surface area contributed by atoms with Gasteiger partial charge in [0.1, 0.15) is 17.7 Å². The standard InChI is InChI=1S/C13H6N4S2/c14-5-7(6-15)9-4-11-13(17-19-18-11)12-8(9)2-1-3-10(12)16/h1-4H,16H2. The summed E-state index contributed by atoms with van der Waals surface area (Å²) in [6, 6.07) is 11.2. The van der Waals surface area contributed by atoms with E-state index in [9.17, 15) is 0 Å². The molecule has 90 valence electrons. The maximum atomic E-state index is 9.08. The predicted molar refractivity (Wildman–Crippen MR) is 77.2 cm³/mol. The van der Waals surface area contributed by atoms with Crippen molar-refractivity contribution in [3.8, 4) is 12.1 Å². The van der Waals surface area contributed by atoms with Crippen LogP contribution in [0.3, 0.4) is 0 Å². The van der Waals surface area contributed by atoms with E-state index >= 15 is 0 Å². The van der Waals surface area contributed by atoms with Crippen molar-refractivity contribution in [2.45, 2.75) is 4.90 Å². The van der Waals surface area contributed by atoms with Gasteiger partial charge in [-0.15, -0.1) is 0 Å². The SMILES string of the molecule is N#CC(C#N)=c1cc2c(c3c(N)cccc13)=NSS2. The minimum atomic E-state index is 0.0934. The van der Waals surface area contributed by atoms with Crippen molar-refractivity contribution in [3.05, 3.63) is 34.8 Å². The first-order valence-corrected chi connectivity index (χ1v) is 7.44. The quantitative estimate of drug-likeness (QED) is 0.453. The van der Waals surface area contributed by atoms with Gasteiger partial charge in [0, 0.05) is 32.2 Å². The van der Waals surface area contributed by atoms with E-state index < -0.39 is 0 Å². The molecule has 0 atom stereocenters. The minimum Gasteiger partial charge on any atom is -0.398 e. The average molecular weight is 282 g/mol. The summed E-state index contributed by atoms with van der Waals surface area (Å²) in [5, 5.41) is 21.2. The molecule has 4 nitrogen and oxygen atoms in total. The van der Waals surface area contributed by atoms with Gasteiger partial charge < -0.3 is 5.73 Å². The highest BCUT2D eigenvalue weighted by molar-refractivity contribution is 8.76. The molecule has 2 aromatic rings. The van der Waals surface area contributed by atoms with Crippen molar-refractivity contribution in [1.29, 1.82) is 10.5 Å². The van der Waals surface area contributed by atoms with Crippen LogP contribution >= 0.6 is 21.8 Å². The second kappa shape index (κ2) is 4.51. The van der Waals surface area contributed by atoms with E-state index in [4.69, 9.17) is 16.3 Å². The van der Waals surface area contributed by atoms with Crippen molar-refractivity contribution >= 4 is 43.8 Å². The summed E-state index contributed by atoms with van der Waals surface area (Å²) in [5.74, 6) is 0. The van der Waals surface area contributed by atoms with Crippen LogP contribution in [0.25, 0.3) is 16.3 Å². The first kappa shape index (κ1) is 11.9. The second-order valence-corrected chi connectivity index (χ2v) is 5.77. The van der Waals surface area contributed by atoms with Gasteiger partial charge in [0.15, 0.2) is 0 Å². The lowest BCUT2D eigenvalue weighted by Gasteiger charge is -2.04. The first-order chi connectivity index (χ1) is 9.26. The highest BCUT2D eigenvalue weighted by atomic mass is 33.1. The smallest absolute Gasteiger partial charge is 0.137 e. The molecular formula is C13H6N4S2. The van der Waals surface area contributed by atoms with Crippen LogP contribution in [-0.2, 0) is 0 Å². The number of nitrogens with zero attached hydrogens (tertiary/aromatic N) is 3. The van der Waals surface area contributed by atoms with Gasteiger partial charge in [-0.05, 0) is 28.3 Å². The Morgan fingerprint density at radius 3 is 2.79 bits per heavy atom. The molecule has 0 aliphatic carbocycles. The van der Waals surface area contributed by atoms with Crippen LogP contribution in [0.1, 0.15) is 0 Å². The van der Waals surface area contributed by atoms with E-state index in [1.807, 2.05) is 30.3 Å². The molecule has 0 unspecified atom stereocenters. The lowest BCUT2D eigenvalue weighted by atomic mass is 10.0. The molecule has 1 aliphatic heterocycles. The van der Waals surface area contributed by atoms with E-state index in [1.165, 1.54) is 21.8 Å². The van der Waals surface area contributed by atoms with Gasteiger partial charge in [-0.2, -0.15) is 10.5 Å². The van der Waals surface area contributed by atoms with Crippen molar-refractivity contribution in [2.75, 3.05) is 5.73 Å². The molecular weight excluding hydrogens is 276 g/mol. The molecule has 0 fully saturated rings. The van der Waals surface area contributed by atoms with Gasteiger partial charge >= 0.3 is 0 Å². The van der Waals surface area contributed by atoms with Crippen LogP contribution < -0.4 is 16.3 Å². The highest BCUT2D eigenvalue weighted by Gasteiger charge is 2.14. The molecule has 19 heavy (non-hydrogen) atoms. The number of fused-ring (bicyclic) bond motifs is 3. The fraction of sp³-hybridized carbons (Fsp3) is 0. The average Bonchev–Trinajstić information content (AvgIpc) is 2.88. The molecule has 3 rings (SSSR count). The number of nitriles is 2. The summed E-state index contributed by atoms with van der Waals surface area (Å²) < 4.78 is 4.36. The van der Waals surface area contributed by atoms with Crippen LogP contribution in [0.2, 0.25) is 0 Å². The number of rotatable bonds is 0. The Bertz CT molecular complexity index is 887. The maximum absolute atomic E-state index is 9.08. The van der Waals surface area contributed by atoms with Crippen molar-refractivity contribution in [3.63, 3.8) is 0 Å². The van der Waals surface area contributed by atoms with Gasteiger partial charge in [-0.1, -0.05) is 12.1 Å². The van der Waals surface area contributed by atoms with Gasteiger partial charge in [0.2, 0.25) is 0 Å². The van der Waals surface area contributed by atoms with Crippen LogP contribution in [0.15, 0.2) is 33.6 Å². The van der Waals surface area contributed by atoms with E-state index in [0.29, 0.717) is 10.9 Å². The van der Waals surface area contributed by atoms with E-state index in [1.54, 1.807) is 6.07 Å². The lowest BCUT2D eigenvalue weighted by Crippen LogP contribution is -2.16. The zero-order chi connectivity index (χ0) is 13.4. The van der Waals surface area contributed by atoms with E-state index in [0.717, 1.165) is 21.0 Å². The fourth-order valence-electron chi connectivity index (χ4n) is 2.06. The molecule has 0 saturated carbocycles. The molecule has 1 aliphatic rings. The predicted octanol–water partition coefficient (Wildman–Crippen LogP) is 1.91. The molecule has 2 N–H and O–H groups in total. The topological polar surface area (TPSA) is 86.0 Å². The summed E-state index contributed by atoms with van der Waals surface area (Å²) >= 11 is 0. The Morgan fingerprint density at radius 2 is 2.05 bits per heavy atom. The van der Waals surface area contributed by atoms with Crippen LogP contribution in [0.5, 0.6) is 0 Å². The number of nitrogen functional groups attached to an aromatic ring is 1. The molecule has 0 spiro atoms. The largest absolute Gasteiger partial charge is 0.398 e. The number of benzene rings is 2. The van der Waals surface area contributed by atoms with Gasteiger partial charge in [-0.3, -0.25) is 0 Å². The second-order valence-electron chi connectivity index (χ2n) is 3.89. The van der Waals surface area contributed by atoms with Crippen LogP contribution in [0, 0.1) is 22.7 Å². The minimum absolute atomic E-state index is 0.0934. The Balaban J connectivity index is 2.69. The summed E-state index contributed by atoms with van der Waals surface area (Å²) in [4.78, 5) is 0.938. The molecule has 6 heteroatoms. The molecule has 0 bridgehead atoms. The van der Waals surface area contributed by atoms with E-state index in [-0.39, 0.29) is 5.57 Å². The summed E-state index contributed by atoms with van der Waals surface area (Å²) in [7, 11) is 2.88. The van der Waals surface area contributed by atoms with E-state index in [2.05, 4.69) is 4.40 Å². The zero-order valence-electron chi connectivity index (χ0n) is 9.54. The normalized spacial score (nSPS) is 12.3. The maximum Gasteiger partial charge on any atom is 0.137 e. The molecule has 0 saturated heterocycles. The third-order valence-corrected chi connectivity index (χ3v) is 4.69. The molecule has 0 amide bonds. The van der Waals surface area contributed by atoms with Crippen molar-refractivity contribution in [2.24, 2.45) is 4.40 Å². The van der Waals surface area contributed by atoms with Crippen LogP contribution in [0.4, 0.5) is 5.69 Å². The Hall–Kier alpha value is -2.15. The van der Waals surface area contributed by atoms with Gasteiger partial charge in [0.05, 0.1) is 5.36 Å². The monoisotopic (exact) mass is 282 g/mol. The summed E-state index contributed by atoms with van der Waals surface area (Å²) in [6.45, 7) is 0. The number of anilines is 1. The zero-order valence-corrected chi connectivity index (χ0v) is 11.2. The number of hydrogen-bond donors (Lipinski definition) is 1. The highest BCUT2D eigenvalue weighted by Crippen LogP contribution is 2.35. The molecule has 1 heterocycles. The number of nitrogens with two attached hydrogens (primary N) is 1. The Kier molecular flexibility index (Phi) is 2.83. The third kappa shape index (κ3) is 1.74. The Morgan fingerprint density at radius 1 is 1.26 bits per heavy atom.